The third-order valence-electron chi connectivity index (χ3n) is 8.58. The van der Waals surface area contributed by atoms with Gasteiger partial charge in [-0.1, -0.05) is 79.1 Å². The molecule has 0 amide bonds. The van der Waals surface area contributed by atoms with E-state index in [-0.39, 0.29) is 35.9 Å². The van der Waals surface area contributed by atoms with Gasteiger partial charge in [0.2, 0.25) is 0 Å². The second-order valence-corrected chi connectivity index (χ2v) is 12.2. The molecule has 4 heteroatoms. The number of rotatable bonds is 7. The average molecular weight is 503 g/mol. The summed E-state index contributed by atoms with van der Waals surface area (Å²) in [4.78, 5) is 43.6. The molecule has 3 atom stereocenters. The summed E-state index contributed by atoms with van der Waals surface area (Å²) in [5.41, 5.74) is -0.236. The zero-order valence-electron chi connectivity index (χ0n) is 23.7. The predicted molar refractivity (Wildman–Crippen MR) is 150 cm³/mol. The Kier molecular flexibility index (Phi) is 8.02. The minimum atomic E-state index is -1.45. The molecule has 1 aromatic carbocycles. The Labute approximate surface area is 222 Å². The van der Waals surface area contributed by atoms with Gasteiger partial charge in [0.15, 0.2) is 17.3 Å². The molecule has 2 bridgehead atoms. The van der Waals surface area contributed by atoms with Gasteiger partial charge in [0.25, 0.3) is 0 Å². The fourth-order valence-corrected chi connectivity index (χ4v) is 6.13. The van der Waals surface area contributed by atoms with Gasteiger partial charge in [0.1, 0.15) is 16.7 Å². The van der Waals surface area contributed by atoms with Crippen LogP contribution in [0.25, 0.3) is 5.76 Å². The largest absolute Gasteiger partial charge is 0.506 e. The first-order valence-electron chi connectivity index (χ1n) is 13.3. The van der Waals surface area contributed by atoms with E-state index >= 15 is 0 Å². The van der Waals surface area contributed by atoms with Crippen molar-refractivity contribution in [3.8, 4) is 0 Å². The topological polar surface area (TPSA) is 71.4 Å². The van der Waals surface area contributed by atoms with Gasteiger partial charge >= 0.3 is 0 Å². The molecule has 0 radical (unpaired) electrons. The first-order valence-corrected chi connectivity index (χ1v) is 13.3. The molecule has 2 aliphatic carbocycles. The molecule has 2 aliphatic rings. The van der Waals surface area contributed by atoms with E-state index in [4.69, 9.17) is 0 Å². The van der Waals surface area contributed by atoms with Crippen LogP contribution in [-0.2, 0) is 14.4 Å². The Bertz CT molecular complexity index is 1210. The molecule has 0 unspecified atom stereocenters. The Morgan fingerprint density at radius 3 is 1.92 bits per heavy atom. The number of Topliss-reactive ketones (excluding diaryl/α,β-unsaturated/α-hetero) is 3. The lowest BCUT2D eigenvalue weighted by molar-refractivity contribution is -0.176. The molecule has 2 fully saturated rings. The van der Waals surface area contributed by atoms with Crippen molar-refractivity contribution in [2.24, 2.45) is 22.2 Å². The van der Waals surface area contributed by atoms with Crippen LogP contribution in [0, 0.1) is 22.2 Å². The highest BCUT2D eigenvalue weighted by Crippen LogP contribution is 2.65. The molecule has 1 aromatic rings. The quantitative estimate of drug-likeness (QED) is 0.136. The maximum Gasteiger partial charge on any atom is 0.184 e. The monoisotopic (exact) mass is 502 g/mol. The molecule has 37 heavy (non-hydrogen) atoms. The molecule has 198 valence electrons. The smallest absolute Gasteiger partial charge is 0.184 e. The minimum absolute atomic E-state index is 0.0652. The van der Waals surface area contributed by atoms with Crippen LogP contribution in [0.1, 0.15) is 86.6 Å². The molecule has 0 heterocycles. The number of carbonyl (C=O) groups is 3. The standard InChI is InChI=1S/C33H42O4/c1-21(2)14-15-25-20-32(18-16-22(3)4)28(35)26(27(34)24-12-10-9-11-13-24)29(36)33(30(32)37,31(25,7)8)19-17-23(5)6/h9-14,16-17,25,34H,15,18-20H2,1-8H3/b27-26+/t25-,32+,33-/m1/s1. The molecule has 0 aliphatic heterocycles. The third kappa shape index (κ3) is 4.71. The van der Waals surface area contributed by atoms with Crippen molar-refractivity contribution in [1.82, 2.24) is 0 Å². The number of allylic oxidation sites excluding steroid dienone is 7. The van der Waals surface area contributed by atoms with E-state index in [1.807, 2.05) is 73.6 Å². The van der Waals surface area contributed by atoms with Gasteiger partial charge in [-0.15, -0.1) is 0 Å². The number of ketones is 3. The molecule has 4 nitrogen and oxygen atoms in total. The van der Waals surface area contributed by atoms with Crippen molar-refractivity contribution in [2.75, 3.05) is 0 Å². The number of hydrogen-bond donors (Lipinski definition) is 1. The van der Waals surface area contributed by atoms with E-state index in [9.17, 15) is 19.5 Å². The van der Waals surface area contributed by atoms with E-state index < -0.39 is 27.8 Å². The lowest BCUT2D eigenvalue weighted by Crippen LogP contribution is -2.69. The molecule has 3 rings (SSSR count). The summed E-state index contributed by atoms with van der Waals surface area (Å²) in [6.45, 7) is 15.9. The summed E-state index contributed by atoms with van der Waals surface area (Å²) in [7, 11) is 0. The molecule has 2 saturated carbocycles. The fraction of sp³-hybridized carbons (Fsp3) is 0.485. The lowest BCUT2D eigenvalue weighted by Gasteiger charge is -2.60. The lowest BCUT2D eigenvalue weighted by atomic mass is 9.38. The summed E-state index contributed by atoms with van der Waals surface area (Å²) in [6.07, 6.45) is 7.49. The molecular weight excluding hydrogens is 460 g/mol. The first kappa shape index (κ1) is 28.6. The van der Waals surface area contributed by atoms with Crippen molar-refractivity contribution in [2.45, 2.75) is 81.1 Å². The summed E-state index contributed by atoms with van der Waals surface area (Å²) >= 11 is 0. The van der Waals surface area contributed by atoms with E-state index in [1.165, 1.54) is 0 Å². The van der Waals surface area contributed by atoms with Crippen LogP contribution in [0.3, 0.4) is 0 Å². The van der Waals surface area contributed by atoms with Crippen LogP contribution in [0.5, 0.6) is 0 Å². The van der Waals surface area contributed by atoms with Crippen molar-refractivity contribution in [3.63, 3.8) is 0 Å². The maximum atomic E-state index is 14.7. The van der Waals surface area contributed by atoms with E-state index in [1.54, 1.807) is 24.3 Å². The number of benzene rings is 1. The van der Waals surface area contributed by atoms with Gasteiger partial charge in [-0.3, -0.25) is 14.4 Å². The maximum absolute atomic E-state index is 14.7. The summed E-state index contributed by atoms with van der Waals surface area (Å²) < 4.78 is 0. The van der Waals surface area contributed by atoms with E-state index in [0.29, 0.717) is 18.4 Å². The number of aliphatic hydroxyl groups excluding tert-OH is 1. The molecule has 0 aromatic heterocycles. The second kappa shape index (κ2) is 10.4. The van der Waals surface area contributed by atoms with Gasteiger partial charge < -0.3 is 5.11 Å². The zero-order chi connectivity index (χ0) is 27.8. The Balaban J connectivity index is 2.43. The van der Waals surface area contributed by atoms with Gasteiger partial charge in [0.05, 0.1) is 5.41 Å². The Morgan fingerprint density at radius 2 is 1.38 bits per heavy atom. The molecule has 0 spiro atoms. The van der Waals surface area contributed by atoms with Gasteiger partial charge in [-0.25, -0.2) is 0 Å². The van der Waals surface area contributed by atoms with Crippen LogP contribution < -0.4 is 0 Å². The van der Waals surface area contributed by atoms with Gasteiger partial charge in [0, 0.05) is 5.56 Å². The second-order valence-electron chi connectivity index (χ2n) is 12.2. The van der Waals surface area contributed by atoms with Crippen LogP contribution in [0.2, 0.25) is 0 Å². The van der Waals surface area contributed by atoms with Gasteiger partial charge in [-0.2, -0.15) is 0 Å². The van der Waals surface area contributed by atoms with E-state index in [0.717, 1.165) is 16.7 Å². The molecular formula is C33H42O4. The fourth-order valence-electron chi connectivity index (χ4n) is 6.13. The summed E-state index contributed by atoms with van der Waals surface area (Å²) in [5, 5.41) is 11.4. The van der Waals surface area contributed by atoms with Crippen molar-refractivity contribution in [3.05, 3.63) is 76.4 Å². The van der Waals surface area contributed by atoms with Crippen molar-refractivity contribution < 1.29 is 19.5 Å². The SMILES string of the molecule is CC(C)=CC[C@@H]1C[C@@]2(CC=C(C)C)C(=O)/C(=C(\O)c3ccccc3)C(=O)[C@](CC=C(C)C)(C2=O)C1(C)C. The van der Waals surface area contributed by atoms with Gasteiger partial charge in [-0.05, 0) is 78.6 Å². The third-order valence-corrected chi connectivity index (χ3v) is 8.58. The summed E-state index contributed by atoms with van der Waals surface area (Å²) in [5.74, 6) is -1.75. The molecule has 0 saturated heterocycles. The number of fused-ring (bicyclic) bond motifs is 2. The first-order chi connectivity index (χ1) is 17.2. The van der Waals surface area contributed by atoms with Crippen molar-refractivity contribution >= 4 is 23.1 Å². The Morgan fingerprint density at radius 1 is 0.838 bits per heavy atom. The Hall–Kier alpha value is -3.01. The number of hydrogen-bond acceptors (Lipinski definition) is 4. The van der Waals surface area contributed by atoms with Crippen LogP contribution in [0.4, 0.5) is 0 Å². The minimum Gasteiger partial charge on any atom is -0.506 e. The van der Waals surface area contributed by atoms with E-state index in [2.05, 4.69) is 6.08 Å². The molecule has 1 N–H and O–H groups in total. The van der Waals surface area contributed by atoms with Crippen LogP contribution in [-0.4, -0.2) is 22.5 Å². The normalized spacial score (nSPS) is 27.9. The highest BCUT2D eigenvalue weighted by atomic mass is 16.3. The number of carbonyl (C=O) groups excluding carboxylic acids is 3. The highest BCUT2D eigenvalue weighted by Gasteiger charge is 2.73. The van der Waals surface area contributed by atoms with Crippen LogP contribution in [0.15, 0.2) is 70.9 Å². The zero-order valence-corrected chi connectivity index (χ0v) is 23.7. The van der Waals surface area contributed by atoms with Crippen molar-refractivity contribution in [1.29, 1.82) is 0 Å². The highest BCUT2D eigenvalue weighted by molar-refractivity contribution is 6.41. The number of aliphatic hydroxyl groups is 1. The predicted octanol–water partition coefficient (Wildman–Crippen LogP) is 7.76. The summed E-state index contributed by atoms with van der Waals surface area (Å²) in [6, 6.07) is 8.70. The van der Waals surface area contributed by atoms with Crippen LogP contribution >= 0.6 is 0 Å². The average Bonchev–Trinajstić information content (AvgIpc) is 2.82.